The van der Waals surface area contributed by atoms with E-state index in [2.05, 4.69) is 34.6 Å². The molecule has 0 aliphatic heterocycles. The number of nitrogens with one attached hydrogen (secondary N) is 1. The molecule has 21 heavy (non-hydrogen) atoms. The minimum atomic E-state index is 0.00288. The van der Waals surface area contributed by atoms with E-state index in [-0.39, 0.29) is 11.9 Å². The van der Waals surface area contributed by atoms with Crippen molar-refractivity contribution in [2.24, 2.45) is 0 Å². The highest BCUT2D eigenvalue weighted by Crippen LogP contribution is 2.23. The second kappa shape index (κ2) is 4.97. The molecule has 3 aromatic rings. The zero-order chi connectivity index (χ0) is 14.2. The molecule has 4 heteroatoms. The molecule has 2 aromatic carbocycles. The smallest absolute Gasteiger partial charge is 0.251 e. The van der Waals surface area contributed by atoms with E-state index in [0.29, 0.717) is 5.56 Å². The van der Waals surface area contributed by atoms with Crippen LogP contribution in [0.5, 0.6) is 0 Å². The molecule has 1 heterocycles. The summed E-state index contributed by atoms with van der Waals surface area (Å²) in [7, 11) is 0. The predicted molar refractivity (Wildman–Crippen MR) is 84.7 cm³/mol. The standard InChI is InChI=1S/C17H14N2OS/c20-17(13-5-6-15-16(9-13)21-10-18-15)19-14-7-11-3-1-2-4-12(11)8-14/h1-6,9-10,14H,7-8H2,(H,19,20). The van der Waals surface area contributed by atoms with Crippen molar-refractivity contribution in [1.29, 1.82) is 0 Å². The number of nitrogens with zero attached hydrogens (tertiary/aromatic N) is 1. The second-order valence-corrected chi connectivity index (χ2v) is 6.27. The van der Waals surface area contributed by atoms with Crippen LogP contribution in [-0.4, -0.2) is 16.9 Å². The van der Waals surface area contributed by atoms with Crippen molar-refractivity contribution in [1.82, 2.24) is 10.3 Å². The highest BCUT2D eigenvalue weighted by atomic mass is 32.1. The summed E-state index contributed by atoms with van der Waals surface area (Å²) in [5, 5.41) is 3.14. The van der Waals surface area contributed by atoms with Crippen molar-refractivity contribution in [2.45, 2.75) is 18.9 Å². The van der Waals surface area contributed by atoms with Gasteiger partial charge >= 0.3 is 0 Å². The minimum Gasteiger partial charge on any atom is -0.349 e. The molecule has 0 fully saturated rings. The summed E-state index contributed by atoms with van der Waals surface area (Å²) in [4.78, 5) is 16.6. The Morgan fingerprint density at radius 1 is 1.14 bits per heavy atom. The van der Waals surface area contributed by atoms with E-state index < -0.39 is 0 Å². The third kappa shape index (κ3) is 2.32. The number of carbonyl (C=O) groups is 1. The van der Waals surface area contributed by atoms with Gasteiger partial charge in [0.25, 0.3) is 5.91 Å². The van der Waals surface area contributed by atoms with Crippen LogP contribution in [0.25, 0.3) is 10.2 Å². The average Bonchev–Trinajstić information content (AvgIpc) is 3.11. The van der Waals surface area contributed by atoms with Crippen molar-refractivity contribution in [3.8, 4) is 0 Å². The molecule has 0 radical (unpaired) electrons. The van der Waals surface area contributed by atoms with Crippen LogP contribution in [0.3, 0.4) is 0 Å². The maximum Gasteiger partial charge on any atom is 0.251 e. The van der Waals surface area contributed by atoms with Crippen LogP contribution in [0.1, 0.15) is 21.5 Å². The second-order valence-electron chi connectivity index (χ2n) is 5.38. The van der Waals surface area contributed by atoms with Gasteiger partial charge in [0.2, 0.25) is 0 Å². The normalized spacial score (nSPS) is 14.3. The molecule has 0 atom stereocenters. The number of hydrogen-bond acceptors (Lipinski definition) is 3. The van der Waals surface area contributed by atoms with E-state index in [4.69, 9.17) is 0 Å². The zero-order valence-electron chi connectivity index (χ0n) is 11.4. The van der Waals surface area contributed by atoms with Gasteiger partial charge in [-0.25, -0.2) is 4.98 Å². The van der Waals surface area contributed by atoms with Crippen molar-refractivity contribution in [3.05, 3.63) is 64.7 Å². The first kappa shape index (κ1) is 12.5. The Kier molecular flexibility index (Phi) is 2.97. The van der Waals surface area contributed by atoms with Gasteiger partial charge in [-0.3, -0.25) is 4.79 Å². The third-order valence-electron chi connectivity index (χ3n) is 3.98. The topological polar surface area (TPSA) is 42.0 Å². The van der Waals surface area contributed by atoms with E-state index in [1.807, 2.05) is 18.2 Å². The number of rotatable bonds is 2. The lowest BCUT2D eigenvalue weighted by molar-refractivity contribution is 0.0939. The third-order valence-corrected chi connectivity index (χ3v) is 4.77. The van der Waals surface area contributed by atoms with E-state index in [0.717, 1.165) is 23.1 Å². The molecule has 1 aromatic heterocycles. The fraction of sp³-hybridized carbons (Fsp3) is 0.176. The largest absolute Gasteiger partial charge is 0.349 e. The predicted octanol–water partition coefficient (Wildman–Crippen LogP) is 3.19. The Labute approximate surface area is 126 Å². The Balaban J connectivity index is 1.51. The molecule has 0 bridgehead atoms. The van der Waals surface area contributed by atoms with E-state index in [1.165, 1.54) is 11.1 Å². The maximum absolute atomic E-state index is 12.4. The molecule has 0 saturated heterocycles. The van der Waals surface area contributed by atoms with Crippen molar-refractivity contribution in [2.75, 3.05) is 0 Å². The summed E-state index contributed by atoms with van der Waals surface area (Å²) in [6.45, 7) is 0. The Morgan fingerprint density at radius 2 is 1.90 bits per heavy atom. The van der Waals surface area contributed by atoms with Crippen LogP contribution in [0.4, 0.5) is 0 Å². The molecule has 3 nitrogen and oxygen atoms in total. The summed E-state index contributed by atoms with van der Waals surface area (Å²) in [5.41, 5.74) is 6.16. The molecule has 0 spiro atoms. The molecule has 4 rings (SSSR count). The molecule has 1 aliphatic rings. The number of thiazole rings is 1. The van der Waals surface area contributed by atoms with E-state index in [9.17, 15) is 4.79 Å². The van der Waals surface area contributed by atoms with Gasteiger partial charge in [0.1, 0.15) is 0 Å². The van der Waals surface area contributed by atoms with Crippen LogP contribution >= 0.6 is 11.3 Å². The molecular weight excluding hydrogens is 280 g/mol. The first-order valence-corrected chi connectivity index (χ1v) is 7.88. The molecule has 0 saturated carbocycles. The van der Waals surface area contributed by atoms with Crippen molar-refractivity contribution in [3.63, 3.8) is 0 Å². The van der Waals surface area contributed by atoms with Gasteiger partial charge in [0, 0.05) is 11.6 Å². The van der Waals surface area contributed by atoms with Crippen molar-refractivity contribution < 1.29 is 4.79 Å². The number of aromatic nitrogens is 1. The van der Waals surface area contributed by atoms with Gasteiger partial charge in [0.05, 0.1) is 15.7 Å². The number of amides is 1. The van der Waals surface area contributed by atoms with Gasteiger partial charge in [0.15, 0.2) is 0 Å². The van der Waals surface area contributed by atoms with Gasteiger partial charge in [-0.05, 0) is 42.2 Å². The fourth-order valence-corrected chi connectivity index (χ4v) is 3.64. The average molecular weight is 294 g/mol. The van der Waals surface area contributed by atoms with Crippen LogP contribution in [0.15, 0.2) is 48.0 Å². The Bertz CT molecular complexity index is 799. The van der Waals surface area contributed by atoms with Crippen LogP contribution in [0.2, 0.25) is 0 Å². The van der Waals surface area contributed by atoms with E-state index in [1.54, 1.807) is 16.8 Å². The number of hydrogen-bond donors (Lipinski definition) is 1. The summed E-state index contributed by atoms with van der Waals surface area (Å²) < 4.78 is 1.05. The first-order chi connectivity index (χ1) is 10.3. The zero-order valence-corrected chi connectivity index (χ0v) is 12.2. The quantitative estimate of drug-likeness (QED) is 0.788. The van der Waals surface area contributed by atoms with E-state index >= 15 is 0 Å². The monoisotopic (exact) mass is 294 g/mol. The highest BCUT2D eigenvalue weighted by Gasteiger charge is 2.22. The summed E-state index contributed by atoms with van der Waals surface area (Å²) in [6, 6.07) is 14.3. The summed E-state index contributed by atoms with van der Waals surface area (Å²) in [6.07, 6.45) is 1.84. The molecule has 104 valence electrons. The van der Waals surface area contributed by atoms with Gasteiger partial charge in [-0.1, -0.05) is 24.3 Å². The Morgan fingerprint density at radius 3 is 2.67 bits per heavy atom. The van der Waals surface area contributed by atoms with Gasteiger partial charge in [-0.2, -0.15) is 0 Å². The lowest BCUT2D eigenvalue weighted by Crippen LogP contribution is -2.35. The van der Waals surface area contributed by atoms with Gasteiger partial charge < -0.3 is 5.32 Å². The summed E-state index contributed by atoms with van der Waals surface area (Å²) >= 11 is 1.56. The molecule has 1 N–H and O–H groups in total. The molecule has 1 amide bonds. The molecule has 0 unspecified atom stereocenters. The first-order valence-electron chi connectivity index (χ1n) is 7.00. The van der Waals surface area contributed by atoms with Gasteiger partial charge in [-0.15, -0.1) is 11.3 Å². The number of fused-ring (bicyclic) bond motifs is 2. The summed E-state index contributed by atoms with van der Waals surface area (Å²) in [5.74, 6) is 0.00288. The lowest BCUT2D eigenvalue weighted by atomic mass is 10.1. The van der Waals surface area contributed by atoms with Crippen molar-refractivity contribution >= 4 is 27.5 Å². The minimum absolute atomic E-state index is 0.00288. The Hall–Kier alpha value is -2.20. The maximum atomic E-state index is 12.4. The van der Waals surface area contributed by atoms with Crippen LogP contribution in [0, 0.1) is 0 Å². The molecular formula is C17H14N2OS. The fourth-order valence-electron chi connectivity index (χ4n) is 2.93. The molecule has 1 aliphatic carbocycles. The number of benzene rings is 2. The van der Waals surface area contributed by atoms with Crippen LogP contribution in [-0.2, 0) is 12.8 Å². The number of carbonyl (C=O) groups excluding carboxylic acids is 1. The lowest BCUT2D eigenvalue weighted by Gasteiger charge is -2.12. The highest BCUT2D eigenvalue weighted by molar-refractivity contribution is 7.16. The van der Waals surface area contributed by atoms with Crippen LogP contribution < -0.4 is 5.32 Å². The SMILES string of the molecule is O=C(NC1Cc2ccccc2C1)c1ccc2ncsc2c1.